The molecule has 0 bridgehead atoms. The minimum atomic E-state index is -0.412. The minimum absolute atomic E-state index is 0.240. The van der Waals surface area contributed by atoms with E-state index in [1.54, 1.807) is 30.6 Å². The van der Waals surface area contributed by atoms with Crippen molar-refractivity contribution in [2.24, 2.45) is 0 Å². The average molecular weight is 408 g/mol. The number of aryl methyl sites for hydroxylation is 1. The molecule has 0 fully saturated rings. The van der Waals surface area contributed by atoms with Gasteiger partial charge in [0.05, 0.1) is 22.1 Å². The van der Waals surface area contributed by atoms with Gasteiger partial charge in [-0.3, -0.25) is 14.3 Å². The fraction of sp³-hybridized carbons (Fsp3) is 0.130. The normalized spacial score (nSPS) is 12.1. The molecule has 0 aliphatic heterocycles. The number of rotatable bonds is 4. The molecule has 4 rings (SSSR count). The lowest BCUT2D eigenvalue weighted by molar-refractivity contribution is 0.625. The molecule has 29 heavy (non-hydrogen) atoms. The quantitative estimate of drug-likeness (QED) is 0.474. The third-order valence-electron chi connectivity index (χ3n) is 4.93. The maximum atomic E-state index is 13.9. The van der Waals surface area contributed by atoms with Crippen molar-refractivity contribution in [3.05, 3.63) is 99.4 Å². The monoisotopic (exact) mass is 407 g/mol. The second-order valence-electron chi connectivity index (χ2n) is 6.95. The molecule has 6 heteroatoms. The Morgan fingerprint density at radius 1 is 1.14 bits per heavy atom. The van der Waals surface area contributed by atoms with E-state index >= 15 is 0 Å². The summed E-state index contributed by atoms with van der Waals surface area (Å²) in [5, 5.41) is 4.95. The van der Waals surface area contributed by atoms with Crippen LogP contribution in [0.4, 0.5) is 10.1 Å². The summed E-state index contributed by atoms with van der Waals surface area (Å²) in [6.07, 6.45) is 3.48. The van der Waals surface area contributed by atoms with Crippen LogP contribution in [-0.4, -0.2) is 9.55 Å². The van der Waals surface area contributed by atoms with Crippen molar-refractivity contribution in [2.45, 2.75) is 19.9 Å². The van der Waals surface area contributed by atoms with Crippen molar-refractivity contribution in [3.8, 4) is 5.69 Å². The van der Waals surface area contributed by atoms with E-state index in [4.69, 9.17) is 11.6 Å². The zero-order valence-corrected chi connectivity index (χ0v) is 16.7. The molecule has 1 N–H and O–H groups in total. The number of fused-ring (bicyclic) bond motifs is 1. The number of hydrogen-bond acceptors (Lipinski definition) is 3. The molecule has 0 saturated heterocycles. The maximum absolute atomic E-state index is 13.9. The molecule has 1 atom stereocenters. The highest BCUT2D eigenvalue weighted by Crippen LogP contribution is 2.28. The van der Waals surface area contributed by atoms with Crippen LogP contribution in [0.2, 0.25) is 5.02 Å². The van der Waals surface area contributed by atoms with Crippen LogP contribution in [0, 0.1) is 12.7 Å². The van der Waals surface area contributed by atoms with E-state index in [-0.39, 0.29) is 11.6 Å². The number of pyridine rings is 2. The van der Waals surface area contributed by atoms with Crippen LogP contribution in [0.15, 0.2) is 71.8 Å². The summed E-state index contributed by atoms with van der Waals surface area (Å²) in [7, 11) is 0. The molecule has 0 aliphatic carbocycles. The van der Waals surface area contributed by atoms with Gasteiger partial charge in [0, 0.05) is 23.8 Å². The number of hydrogen-bond donors (Lipinski definition) is 1. The molecule has 2 aromatic carbocycles. The Bertz CT molecular complexity index is 1270. The second-order valence-corrected chi connectivity index (χ2v) is 7.36. The van der Waals surface area contributed by atoms with Crippen LogP contribution >= 0.6 is 11.6 Å². The van der Waals surface area contributed by atoms with Crippen LogP contribution in [0.3, 0.4) is 0 Å². The fourth-order valence-electron chi connectivity index (χ4n) is 3.48. The lowest BCUT2D eigenvalue weighted by Crippen LogP contribution is -2.26. The first-order valence-corrected chi connectivity index (χ1v) is 9.61. The van der Waals surface area contributed by atoms with Gasteiger partial charge in [-0.05, 0) is 61.2 Å². The fourth-order valence-corrected chi connectivity index (χ4v) is 3.75. The van der Waals surface area contributed by atoms with Crippen LogP contribution in [0.1, 0.15) is 24.2 Å². The summed E-state index contributed by atoms with van der Waals surface area (Å²) in [6, 6.07) is 14.9. The van der Waals surface area contributed by atoms with Crippen molar-refractivity contribution >= 4 is 28.1 Å². The smallest absolute Gasteiger partial charge is 0.264 e. The van der Waals surface area contributed by atoms with Gasteiger partial charge in [0.2, 0.25) is 0 Å². The van der Waals surface area contributed by atoms with E-state index in [2.05, 4.69) is 10.3 Å². The summed E-state index contributed by atoms with van der Waals surface area (Å²) in [5.74, 6) is -0.412. The Balaban J connectivity index is 1.96. The number of halogens is 2. The summed E-state index contributed by atoms with van der Waals surface area (Å²) in [4.78, 5) is 17.5. The second kappa shape index (κ2) is 7.68. The van der Waals surface area contributed by atoms with E-state index in [0.717, 1.165) is 16.6 Å². The molecule has 4 aromatic rings. The molecule has 0 spiro atoms. The Morgan fingerprint density at radius 2 is 1.93 bits per heavy atom. The van der Waals surface area contributed by atoms with Gasteiger partial charge in [-0.15, -0.1) is 0 Å². The highest BCUT2D eigenvalue weighted by atomic mass is 35.5. The average Bonchev–Trinajstić information content (AvgIpc) is 2.69. The molecule has 0 saturated carbocycles. The Morgan fingerprint density at radius 3 is 2.69 bits per heavy atom. The molecular formula is C23H19ClFN3O. The Labute approximate surface area is 172 Å². The van der Waals surface area contributed by atoms with Gasteiger partial charge in [0.1, 0.15) is 5.82 Å². The van der Waals surface area contributed by atoms with Crippen molar-refractivity contribution in [3.63, 3.8) is 0 Å². The summed E-state index contributed by atoms with van der Waals surface area (Å²) in [5.41, 5.74) is 2.77. The lowest BCUT2D eigenvalue weighted by atomic mass is 10.1. The van der Waals surface area contributed by atoms with E-state index in [1.807, 2.05) is 38.1 Å². The van der Waals surface area contributed by atoms with Crippen molar-refractivity contribution < 1.29 is 4.39 Å². The van der Waals surface area contributed by atoms with Crippen molar-refractivity contribution in [1.29, 1.82) is 0 Å². The van der Waals surface area contributed by atoms with Crippen molar-refractivity contribution in [1.82, 2.24) is 9.55 Å². The van der Waals surface area contributed by atoms with Gasteiger partial charge in [-0.2, -0.15) is 0 Å². The van der Waals surface area contributed by atoms with Gasteiger partial charge in [-0.1, -0.05) is 29.8 Å². The molecule has 0 radical (unpaired) electrons. The van der Waals surface area contributed by atoms with E-state index in [9.17, 15) is 9.18 Å². The number of anilines is 1. The third kappa shape index (κ3) is 3.61. The Hall–Kier alpha value is -3.18. The highest BCUT2D eigenvalue weighted by molar-refractivity contribution is 6.35. The van der Waals surface area contributed by atoms with Crippen molar-refractivity contribution in [2.75, 3.05) is 5.32 Å². The molecule has 4 nitrogen and oxygen atoms in total. The first-order chi connectivity index (χ1) is 14.0. The van der Waals surface area contributed by atoms with Crippen LogP contribution in [0.25, 0.3) is 16.5 Å². The molecule has 2 heterocycles. The number of aromatic nitrogens is 2. The van der Waals surface area contributed by atoms with Gasteiger partial charge >= 0.3 is 0 Å². The zero-order valence-electron chi connectivity index (χ0n) is 16.0. The summed E-state index contributed by atoms with van der Waals surface area (Å²) >= 11 is 6.33. The number of benzene rings is 2. The largest absolute Gasteiger partial charge is 0.377 e. The summed E-state index contributed by atoms with van der Waals surface area (Å²) in [6.45, 7) is 3.92. The lowest BCUT2D eigenvalue weighted by Gasteiger charge is -2.22. The van der Waals surface area contributed by atoms with Gasteiger partial charge in [-0.25, -0.2) is 4.39 Å². The van der Waals surface area contributed by atoms with Crippen LogP contribution in [0.5, 0.6) is 0 Å². The predicted octanol–water partition coefficient (Wildman–Crippen LogP) is 5.66. The van der Waals surface area contributed by atoms with Gasteiger partial charge in [0.15, 0.2) is 0 Å². The van der Waals surface area contributed by atoms with E-state index in [0.29, 0.717) is 21.8 Å². The number of nitrogens with one attached hydrogen (secondary N) is 1. The van der Waals surface area contributed by atoms with Crippen LogP contribution in [-0.2, 0) is 0 Å². The molecule has 146 valence electrons. The number of nitrogens with zero attached hydrogens (tertiary/aromatic N) is 2. The Kier molecular flexibility index (Phi) is 5.07. The highest BCUT2D eigenvalue weighted by Gasteiger charge is 2.18. The molecule has 2 aromatic heterocycles. The van der Waals surface area contributed by atoms with E-state index < -0.39 is 5.82 Å². The molecule has 0 amide bonds. The maximum Gasteiger partial charge on any atom is 0.264 e. The molecule has 0 aliphatic rings. The van der Waals surface area contributed by atoms with E-state index in [1.165, 1.54) is 16.7 Å². The predicted molar refractivity (Wildman–Crippen MR) is 116 cm³/mol. The van der Waals surface area contributed by atoms with Crippen LogP contribution < -0.4 is 10.9 Å². The van der Waals surface area contributed by atoms with Gasteiger partial charge in [0.25, 0.3) is 5.56 Å². The minimum Gasteiger partial charge on any atom is -0.377 e. The molecule has 0 unspecified atom stereocenters. The topological polar surface area (TPSA) is 46.9 Å². The first-order valence-electron chi connectivity index (χ1n) is 9.23. The van der Waals surface area contributed by atoms with Gasteiger partial charge < -0.3 is 5.32 Å². The standard InChI is InChI=1S/C23H19ClFN3O/c1-14-13-26-10-9-20(14)27-15(2)21-11-16-5-3-8-19(24)22(16)23(29)28(21)18-7-4-6-17(25)12-18/h3-13,15H,1-2H3,(H,26,27)/t15-/m0/s1. The summed E-state index contributed by atoms with van der Waals surface area (Å²) < 4.78 is 15.5. The third-order valence-corrected chi connectivity index (χ3v) is 5.24. The first kappa shape index (κ1) is 19.2. The SMILES string of the molecule is Cc1cnccc1N[C@@H](C)c1cc2cccc(Cl)c2c(=O)n1-c1cccc(F)c1. The molecular weight excluding hydrogens is 389 g/mol. The zero-order chi connectivity index (χ0) is 20.5.